The number of benzene rings is 2. The molecule has 0 bridgehead atoms. The molecule has 132 valence electrons. The zero-order valence-corrected chi connectivity index (χ0v) is 15.0. The van der Waals surface area contributed by atoms with Crippen molar-refractivity contribution < 1.29 is 4.79 Å². The van der Waals surface area contributed by atoms with Gasteiger partial charge in [-0.05, 0) is 48.6 Å². The first-order valence-electron chi connectivity index (χ1n) is 9.27. The molecule has 1 N–H and O–H groups in total. The first-order chi connectivity index (χ1) is 12.7. The van der Waals surface area contributed by atoms with Crippen molar-refractivity contribution >= 4 is 23.0 Å². The Morgan fingerprint density at radius 3 is 2.81 bits per heavy atom. The van der Waals surface area contributed by atoms with Gasteiger partial charge in [0.15, 0.2) is 0 Å². The average Bonchev–Trinajstić information content (AvgIpc) is 3.32. The van der Waals surface area contributed by atoms with E-state index in [0.717, 1.165) is 48.2 Å². The Labute approximate surface area is 153 Å². The predicted octanol–water partition coefficient (Wildman–Crippen LogP) is 4.50. The Bertz CT molecular complexity index is 906. The van der Waals surface area contributed by atoms with Gasteiger partial charge in [-0.3, -0.25) is 4.79 Å². The molecule has 0 aliphatic carbocycles. The minimum Gasteiger partial charge on any atom is -0.340 e. The van der Waals surface area contributed by atoms with Crippen molar-refractivity contribution in [2.75, 3.05) is 6.54 Å². The van der Waals surface area contributed by atoms with E-state index >= 15 is 0 Å². The summed E-state index contributed by atoms with van der Waals surface area (Å²) in [6, 6.07) is 16.4. The van der Waals surface area contributed by atoms with Gasteiger partial charge in [0.1, 0.15) is 5.82 Å². The van der Waals surface area contributed by atoms with Gasteiger partial charge in [0.05, 0.1) is 17.1 Å². The second-order valence-electron chi connectivity index (χ2n) is 6.76. The number of fused-ring (bicyclic) bond motifs is 1. The molecule has 4 rings (SSSR count). The molecular formula is C22H23N3O. The normalized spacial score (nSPS) is 17.4. The van der Waals surface area contributed by atoms with E-state index < -0.39 is 0 Å². The molecule has 3 aromatic rings. The highest BCUT2D eigenvalue weighted by atomic mass is 16.2. The van der Waals surface area contributed by atoms with Crippen LogP contribution in [0.1, 0.15) is 42.8 Å². The lowest BCUT2D eigenvalue weighted by Crippen LogP contribution is -2.29. The number of para-hydroxylation sites is 2. The van der Waals surface area contributed by atoms with Crippen LogP contribution in [0.3, 0.4) is 0 Å². The van der Waals surface area contributed by atoms with E-state index in [1.165, 1.54) is 5.56 Å². The molecule has 2 heterocycles. The number of amides is 1. The molecule has 0 saturated carbocycles. The summed E-state index contributed by atoms with van der Waals surface area (Å²) in [7, 11) is 0. The Hall–Kier alpha value is -2.88. The second-order valence-corrected chi connectivity index (χ2v) is 6.76. The molecule has 1 atom stereocenters. The number of imidazole rings is 1. The molecule has 4 nitrogen and oxygen atoms in total. The number of carbonyl (C=O) groups is 1. The standard InChI is InChI=1S/C22H23N3O/c1-2-16-9-11-17(12-10-16)13-14-21(26)25-15-5-8-20(25)22-23-18-6-3-4-7-19(18)24-22/h3-4,6-7,9-14,20H,2,5,8,15H2,1H3,(H,23,24)/b14-13+/t20-/m1/s1. The smallest absolute Gasteiger partial charge is 0.247 e. The zero-order valence-electron chi connectivity index (χ0n) is 15.0. The minimum atomic E-state index is 0.0296. The van der Waals surface area contributed by atoms with Crippen LogP contribution < -0.4 is 0 Å². The van der Waals surface area contributed by atoms with Crippen LogP contribution in [0.25, 0.3) is 17.1 Å². The van der Waals surface area contributed by atoms with Crippen LogP contribution in [-0.4, -0.2) is 27.3 Å². The van der Waals surface area contributed by atoms with Gasteiger partial charge in [-0.1, -0.05) is 43.3 Å². The van der Waals surface area contributed by atoms with Gasteiger partial charge in [-0.2, -0.15) is 0 Å². The number of nitrogens with one attached hydrogen (secondary N) is 1. The molecule has 4 heteroatoms. The van der Waals surface area contributed by atoms with Gasteiger partial charge in [-0.15, -0.1) is 0 Å². The van der Waals surface area contributed by atoms with Gasteiger partial charge in [0.25, 0.3) is 0 Å². The minimum absolute atomic E-state index is 0.0296. The summed E-state index contributed by atoms with van der Waals surface area (Å²) < 4.78 is 0. The summed E-state index contributed by atoms with van der Waals surface area (Å²) in [5, 5.41) is 0. The quantitative estimate of drug-likeness (QED) is 0.708. The largest absolute Gasteiger partial charge is 0.340 e. The summed E-state index contributed by atoms with van der Waals surface area (Å²) in [5.41, 5.74) is 4.33. The second kappa shape index (κ2) is 7.16. The fourth-order valence-corrected chi connectivity index (χ4v) is 3.57. The van der Waals surface area contributed by atoms with Gasteiger partial charge in [-0.25, -0.2) is 4.98 Å². The summed E-state index contributed by atoms with van der Waals surface area (Å²) in [6.45, 7) is 2.92. The zero-order chi connectivity index (χ0) is 17.9. The van der Waals surface area contributed by atoms with Gasteiger partial charge in [0.2, 0.25) is 5.91 Å². The molecule has 2 aromatic carbocycles. The number of H-pyrrole nitrogens is 1. The van der Waals surface area contributed by atoms with Crippen molar-refractivity contribution in [3.63, 3.8) is 0 Å². The maximum atomic E-state index is 12.7. The Kier molecular flexibility index (Phi) is 4.57. The third-order valence-electron chi connectivity index (χ3n) is 5.07. The average molecular weight is 345 g/mol. The number of nitrogens with zero attached hydrogens (tertiary/aromatic N) is 2. The van der Waals surface area contributed by atoms with Crippen LogP contribution in [-0.2, 0) is 11.2 Å². The molecule has 0 radical (unpaired) electrons. The number of aryl methyl sites for hydroxylation is 1. The predicted molar refractivity (Wildman–Crippen MR) is 105 cm³/mol. The van der Waals surface area contributed by atoms with Crippen molar-refractivity contribution in [2.24, 2.45) is 0 Å². The molecule has 1 saturated heterocycles. The Morgan fingerprint density at radius 2 is 2.04 bits per heavy atom. The number of aromatic nitrogens is 2. The monoisotopic (exact) mass is 345 g/mol. The number of aromatic amines is 1. The molecular weight excluding hydrogens is 322 g/mol. The number of rotatable bonds is 4. The topological polar surface area (TPSA) is 49.0 Å². The number of carbonyl (C=O) groups excluding carboxylic acids is 1. The highest BCUT2D eigenvalue weighted by Crippen LogP contribution is 2.31. The molecule has 0 spiro atoms. The molecule has 0 unspecified atom stereocenters. The van der Waals surface area contributed by atoms with Crippen molar-refractivity contribution in [2.45, 2.75) is 32.2 Å². The van der Waals surface area contributed by atoms with Crippen molar-refractivity contribution in [3.8, 4) is 0 Å². The van der Waals surface area contributed by atoms with E-state index in [9.17, 15) is 4.79 Å². The van der Waals surface area contributed by atoms with E-state index in [1.807, 2.05) is 35.2 Å². The lowest BCUT2D eigenvalue weighted by atomic mass is 10.1. The summed E-state index contributed by atoms with van der Waals surface area (Å²) in [6.07, 6.45) is 6.56. The maximum absolute atomic E-state index is 12.7. The first kappa shape index (κ1) is 16.6. The summed E-state index contributed by atoms with van der Waals surface area (Å²) >= 11 is 0. The van der Waals surface area contributed by atoms with E-state index in [-0.39, 0.29) is 11.9 Å². The third kappa shape index (κ3) is 3.27. The number of hydrogen-bond acceptors (Lipinski definition) is 2. The van der Waals surface area contributed by atoms with E-state index in [2.05, 4.69) is 36.2 Å². The van der Waals surface area contributed by atoms with Crippen molar-refractivity contribution in [1.29, 1.82) is 0 Å². The molecule has 1 aliphatic rings. The van der Waals surface area contributed by atoms with Gasteiger partial charge < -0.3 is 9.88 Å². The van der Waals surface area contributed by atoms with E-state index in [0.29, 0.717) is 0 Å². The van der Waals surface area contributed by atoms with Gasteiger partial charge in [0, 0.05) is 12.6 Å². The highest BCUT2D eigenvalue weighted by molar-refractivity contribution is 5.92. The Balaban J connectivity index is 1.51. The third-order valence-corrected chi connectivity index (χ3v) is 5.07. The van der Waals surface area contributed by atoms with Crippen LogP contribution in [0, 0.1) is 0 Å². The van der Waals surface area contributed by atoms with Crippen LogP contribution in [0.15, 0.2) is 54.6 Å². The SMILES string of the molecule is CCc1ccc(/C=C/C(=O)N2CCC[C@@H]2c2nc3ccccc3[nH]2)cc1. The maximum Gasteiger partial charge on any atom is 0.247 e. The van der Waals surface area contributed by atoms with Crippen LogP contribution >= 0.6 is 0 Å². The molecule has 1 aliphatic heterocycles. The lowest BCUT2D eigenvalue weighted by Gasteiger charge is -2.21. The Morgan fingerprint density at radius 1 is 1.23 bits per heavy atom. The fraction of sp³-hybridized carbons (Fsp3) is 0.273. The molecule has 1 amide bonds. The van der Waals surface area contributed by atoms with Crippen LogP contribution in [0.4, 0.5) is 0 Å². The fourth-order valence-electron chi connectivity index (χ4n) is 3.57. The first-order valence-corrected chi connectivity index (χ1v) is 9.27. The van der Waals surface area contributed by atoms with Crippen LogP contribution in [0.5, 0.6) is 0 Å². The van der Waals surface area contributed by atoms with E-state index in [4.69, 9.17) is 4.98 Å². The number of hydrogen-bond donors (Lipinski definition) is 1. The lowest BCUT2D eigenvalue weighted by molar-refractivity contribution is -0.126. The van der Waals surface area contributed by atoms with Gasteiger partial charge >= 0.3 is 0 Å². The number of likely N-dealkylation sites (tertiary alicyclic amines) is 1. The van der Waals surface area contributed by atoms with Crippen molar-refractivity contribution in [1.82, 2.24) is 14.9 Å². The van der Waals surface area contributed by atoms with Crippen LogP contribution in [0.2, 0.25) is 0 Å². The summed E-state index contributed by atoms with van der Waals surface area (Å²) in [5.74, 6) is 0.935. The molecule has 1 fully saturated rings. The van der Waals surface area contributed by atoms with Crippen molar-refractivity contribution in [3.05, 3.63) is 71.6 Å². The summed E-state index contributed by atoms with van der Waals surface area (Å²) in [4.78, 5) is 22.7. The van der Waals surface area contributed by atoms with E-state index in [1.54, 1.807) is 6.08 Å². The molecule has 1 aromatic heterocycles. The highest BCUT2D eigenvalue weighted by Gasteiger charge is 2.30. The molecule has 26 heavy (non-hydrogen) atoms.